The molecule has 4 heteroatoms. The summed E-state index contributed by atoms with van der Waals surface area (Å²) in [6.07, 6.45) is 9.38. The maximum Gasteiger partial charge on any atom is 4.00 e. The summed E-state index contributed by atoms with van der Waals surface area (Å²) in [6.45, 7) is 4.57. The van der Waals surface area contributed by atoms with E-state index in [1.807, 2.05) is 0 Å². The Hall–Kier alpha value is -0.496. The zero-order chi connectivity index (χ0) is 15.4. The van der Waals surface area contributed by atoms with Crippen molar-refractivity contribution in [3.63, 3.8) is 0 Å². The molecule has 26 heavy (non-hydrogen) atoms. The van der Waals surface area contributed by atoms with Crippen LogP contribution < -0.4 is 37.2 Å². The molecule has 1 aliphatic carbocycles. The SMILES string of the molecule is CCCC1=CCC(C(C)(c2ccccc2)c2ccccc2)=[C-]1.[Cl-].[Cl-].[Cl-].[Ti+4]. The van der Waals surface area contributed by atoms with E-state index in [4.69, 9.17) is 0 Å². The van der Waals surface area contributed by atoms with Crippen LogP contribution in [0.5, 0.6) is 0 Å². The second-order valence-electron chi connectivity index (χ2n) is 6.14. The molecule has 0 spiro atoms. The first-order chi connectivity index (χ1) is 10.7. The molecule has 0 bridgehead atoms. The van der Waals surface area contributed by atoms with Crippen LogP contribution in [0.1, 0.15) is 44.2 Å². The molecule has 3 rings (SSSR count). The number of halogens is 3. The van der Waals surface area contributed by atoms with E-state index < -0.39 is 0 Å². The van der Waals surface area contributed by atoms with Crippen molar-refractivity contribution in [2.24, 2.45) is 0 Å². The van der Waals surface area contributed by atoms with Crippen LogP contribution in [-0.4, -0.2) is 0 Å². The molecule has 0 saturated carbocycles. The van der Waals surface area contributed by atoms with E-state index in [2.05, 4.69) is 86.7 Å². The summed E-state index contributed by atoms with van der Waals surface area (Å²) >= 11 is 0. The van der Waals surface area contributed by atoms with Crippen LogP contribution in [0.25, 0.3) is 0 Å². The summed E-state index contributed by atoms with van der Waals surface area (Å²) in [4.78, 5) is 0. The Kier molecular flexibility index (Phi) is 13.7. The van der Waals surface area contributed by atoms with Crippen molar-refractivity contribution in [1.82, 2.24) is 0 Å². The fourth-order valence-electron chi connectivity index (χ4n) is 3.34. The average molecular weight is 442 g/mol. The van der Waals surface area contributed by atoms with Gasteiger partial charge in [-0.25, -0.2) is 17.7 Å². The molecular weight excluding hydrogens is 418 g/mol. The van der Waals surface area contributed by atoms with Crippen LogP contribution in [0.4, 0.5) is 0 Å². The smallest absolute Gasteiger partial charge is 1.00 e. The Labute approximate surface area is 191 Å². The molecule has 0 saturated heterocycles. The van der Waals surface area contributed by atoms with Crippen LogP contribution >= 0.6 is 0 Å². The van der Waals surface area contributed by atoms with E-state index in [-0.39, 0.29) is 64.4 Å². The van der Waals surface area contributed by atoms with Crippen LogP contribution in [0.2, 0.25) is 0 Å². The van der Waals surface area contributed by atoms with Gasteiger partial charge in [0.15, 0.2) is 0 Å². The fourth-order valence-corrected chi connectivity index (χ4v) is 3.34. The molecule has 0 fully saturated rings. The predicted molar refractivity (Wildman–Crippen MR) is 93.7 cm³/mol. The molecule has 0 aromatic heterocycles. The Morgan fingerprint density at radius 1 is 0.846 bits per heavy atom. The van der Waals surface area contributed by atoms with E-state index in [0.29, 0.717) is 0 Å². The molecule has 2 aromatic rings. The largest absolute Gasteiger partial charge is 4.00 e. The minimum absolute atomic E-state index is 0. The van der Waals surface area contributed by atoms with Crippen molar-refractivity contribution in [3.05, 3.63) is 95.1 Å². The Morgan fingerprint density at radius 2 is 1.31 bits per heavy atom. The molecule has 0 radical (unpaired) electrons. The van der Waals surface area contributed by atoms with Crippen LogP contribution in [-0.2, 0) is 27.1 Å². The molecule has 0 amide bonds. The summed E-state index contributed by atoms with van der Waals surface area (Å²) in [5.74, 6) is 0. The normalized spacial score (nSPS) is 12.4. The number of allylic oxidation sites excluding steroid dienone is 4. The van der Waals surface area contributed by atoms with Gasteiger partial charge in [0.1, 0.15) is 0 Å². The van der Waals surface area contributed by atoms with Crippen LogP contribution in [0.3, 0.4) is 0 Å². The van der Waals surface area contributed by atoms with Crippen molar-refractivity contribution < 1.29 is 58.9 Å². The van der Waals surface area contributed by atoms with Gasteiger partial charge in [-0.05, 0) is 18.1 Å². The molecule has 0 aliphatic heterocycles. The third-order valence-electron chi connectivity index (χ3n) is 4.69. The molecule has 136 valence electrons. The first-order valence-corrected chi connectivity index (χ1v) is 8.18. The number of benzene rings is 2. The van der Waals surface area contributed by atoms with E-state index >= 15 is 0 Å². The van der Waals surface area contributed by atoms with Gasteiger partial charge >= 0.3 is 21.7 Å². The Morgan fingerprint density at radius 3 is 1.73 bits per heavy atom. The minimum atomic E-state index is -0.103. The second-order valence-corrected chi connectivity index (χ2v) is 6.14. The van der Waals surface area contributed by atoms with Gasteiger partial charge in [0, 0.05) is 5.41 Å². The first-order valence-electron chi connectivity index (χ1n) is 8.18. The minimum Gasteiger partial charge on any atom is -1.00 e. The van der Waals surface area contributed by atoms with Gasteiger partial charge in [0.25, 0.3) is 0 Å². The van der Waals surface area contributed by atoms with Gasteiger partial charge in [-0.1, -0.05) is 86.8 Å². The summed E-state index contributed by atoms with van der Waals surface area (Å²) in [7, 11) is 0. The maximum atomic E-state index is 3.71. The molecule has 0 heterocycles. The molecule has 0 nitrogen and oxygen atoms in total. The fraction of sp³-hybridized carbons (Fsp3) is 0.273. The van der Waals surface area contributed by atoms with Gasteiger partial charge in [0.2, 0.25) is 0 Å². The van der Waals surface area contributed by atoms with Crippen LogP contribution in [0.15, 0.2) is 77.9 Å². The van der Waals surface area contributed by atoms with E-state index in [9.17, 15) is 0 Å². The molecular formula is C22H23Cl3Ti. The van der Waals surface area contributed by atoms with Gasteiger partial charge < -0.3 is 37.2 Å². The van der Waals surface area contributed by atoms with E-state index in [1.54, 1.807) is 0 Å². The third-order valence-corrected chi connectivity index (χ3v) is 4.69. The van der Waals surface area contributed by atoms with Gasteiger partial charge in [-0.3, -0.25) is 0 Å². The zero-order valence-corrected chi connectivity index (χ0v) is 18.9. The zero-order valence-electron chi connectivity index (χ0n) is 15.1. The van der Waals surface area contributed by atoms with Crippen molar-refractivity contribution >= 4 is 0 Å². The maximum absolute atomic E-state index is 3.71. The predicted octanol–water partition coefficient (Wildman–Crippen LogP) is -3.14. The average Bonchev–Trinajstić information content (AvgIpc) is 3.05. The molecule has 0 atom stereocenters. The summed E-state index contributed by atoms with van der Waals surface area (Å²) < 4.78 is 0. The number of hydrogen-bond donors (Lipinski definition) is 0. The molecule has 0 unspecified atom stereocenters. The second kappa shape index (κ2) is 12.8. The molecule has 2 aromatic carbocycles. The number of hydrogen-bond acceptors (Lipinski definition) is 0. The van der Waals surface area contributed by atoms with Gasteiger partial charge in [-0.2, -0.15) is 5.57 Å². The van der Waals surface area contributed by atoms with Gasteiger partial charge in [-0.15, -0.1) is 0 Å². The topological polar surface area (TPSA) is 0 Å². The summed E-state index contributed by atoms with van der Waals surface area (Å²) in [5, 5.41) is 0. The summed E-state index contributed by atoms with van der Waals surface area (Å²) in [5.41, 5.74) is 5.34. The van der Waals surface area contributed by atoms with Crippen molar-refractivity contribution in [2.45, 2.75) is 38.5 Å². The quantitative estimate of drug-likeness (QED) is 0.340. The van der Waals surface area contributed by atoms with Crippen molar-refractivity contribution in [2.75, 3.05) is 0 Å². The van der Waals surface area contributed by atoms with Gasteiger partial charge in [0.05, 0.1) is 0 Å². The van der Waals surface area contributed by atoms with E-state index in [0.717, 1.165) is 12.8 Å². The molecule has 0 N–H and O–H groups in total. The third kappa shape index (κ3) is 5.75. The standard InChI is InChI=1S/C22H23.3ClH.Ti/c1-3-10-18-15-16-21(17-18)22(2,19-11-6-4-7-12-19)20-13-8-5-9-14-20;;;;/h4-9,11-15H,3,10,16H2,1-2H3;3*1H;/q-1;;;;+4/p-3. The Bertz CT molecular complexity index is 654. The first kappa shape index (κ1) is 27.7. The molecule has 1 aliphatic rings. The van der Waals surface area contributed by atoms with E-state index in [1.165, 1.54) is 28.7 Å². The van der Waals surface area contributed by atoms with Crippen molar-refractivity contribution in [1.29, 1.82) is 0 Å². The number of rotatable bonds is 5. The summed E-state index contributed by atoms with van der Waals surface area (Å²) in [6, 6.07) is 21.6. The monoisotopic (exact) mass is 440 g/mol. The van der Waals surface area contributed by atoms with Crippen molar-refractivity contribution in [3.8, 4) is 0 Å². The Balaban J connectivity index is 0. The van der Waals surface area contributed by atoms with Crippen LogP contribution in [0, 0.1) is 6.08 Å².